The third-order valence-corrected chi connectivity index (χ3v) is 10.4. The predicted octanol–water partition coefficient (Wildman–Crippen LogP) is 3.25. The molecule has 0 aromatic heterocycles. The van der Waals surface area contributed by atoms with Gasteiger partial charge in [-0.05, 0) is 19.6 Å². The Balaban J connectivity index is 4.92. The summed E-state index contributed by atoms with van der Waals surface area (Å²) in [6, 6.07) is 0. The highest BCUT2D eigenvalue weighted by molar-refractivity contribution is 6.92. The average molecular weight is 320 g/mol. The van der Waals surface area contributed by atoms with Crippen molar-refractivity contribution in [3.8, 4) is 0 Å². The molecule has 0 spiro atoms. The summed E-state index contributed by atoms with van der Waals surface area (Å²) in [7, 11) is -5.43. The fraction of sp³-hybridized carbons (Fsp3) is 0.833. The van der Waals surface area contributed by atoms with E-state index in [9.17, 15) is 9.59 Å². The molecule has 0 unspecified atom stereocenters. The lowest BCUT2D eigenvalue weighted by Gasteiger charge is -2.43. The second-order valence-electron chi connectivity index (χ2n) is 7.83. The molecule has 19 heavy (non-hydrogen) atoms. The highest BCUT2D eigenvalue weighted by Crippen LogP contribution is 2.21. The topological polar surface area (TPSA) is 46.6 Å². The van der Waals surface area contributed by atoms with Crippen LogP contribution in [0.1, 0.15) is 6.42 Å². The molecule has 1 amide bonds. The maximum atomic E-state index is 12.4. The highest BCUT2D eigenvalue weighted by Gasteiger charge is 2.39. The van der Waals surface area contributed by atoms with Crippen molar-refractivity contribution in [1.82, 2.24) is 4.23 Å². The van der Waals surface area contributed by atoms with Gasteiger partial charge in [0.2, 0.25) is 14.2 Å². The Morgan fingerprint density at radius 3 is 1.47 bits per heavy atom. The molecule has 0 fully saturated rings. The summed E-state index contributed by atoms with van der Waals surface area (Å²) >= 11 is 0. The summed E-state index contributed by atoms with van der Waals surface area (Å²) in [6.45, 7) is 18.7. The largest absolute Gasteiger partial charge is 0.520 e. The number of amides is 1. The molecule has 0 saturated carbocycles. The van der Waals surface area contributed by atoms with Gasteiger partial charge in [-0.25, -0.2) is 0 Å². The number of carbonyl (C=O) groups is 2. The minimum absolute atomic E-state index is 0.0541. The molecule has 0 aliphatic carbocycles. The molecule has 0 heterocycles. The van der Waals surface area contributed by atoms with E-state index in [-0.39, 0.29) is 18.3 Å². The Morgan fingerprint density at radius 2 is 1.21 bits per heavy atom. The number of hydrogen-bond donors (Lipinski definition) is 0. The van der Waals surface area contributed by atoms with Crippen molar-refractivity contribution in [3.63, 3.8) is 0 Å². The van der Waals surface area contributed by atoms with Gasteiger partial charge in [-0.1, -0.05) is 39.3 Å². The van der Waals surface area contributed by atoms with Crippen LogP contribution >= 0.6 is 0 Å². The minimum atomic E-state index is -1.91. The van der Waals surface area contributed by atoms with Gasteiger partial charge in [0.1, 0.15) is 22.9 Å². The van der Waals surface area contributed by atoms with Crippen molar-refractivity contribution >= 4 is 36.7 Å². The monoisotopic (exact) mass is 319 g/mol. The highest BCUT2D eigenvalue weighted by atomic mass is 28.4. The molecule has 0 atom stereocenters. The summed E-state index contributed by atoms with van der Waals surface area (Å²) in [4.78, 5) is 24.3. The molecule has 0 radical (unpaired) electrons. The molecule has 0 N–H and O–H groups in total. The standard InChI is InChI=1S/C12H29NO3Si3/c1-17(2,3)13(18(4,5)6)11(14)10-12(15)16-19(7,8)9/h10H2,1-9H3. The fourth-order valence-corrected chi connectivity index (χ4v) is 12.8. The average Bonchev–Trinajstić information content (AvgIpc) is 1.90. The van der Waals surface area contributed by atoms with Crippen LogP contribution in [0.5, 0.6) is 0 Å². The van der Waals surface area contributed by atoms with E-state index < -0.39 is 24.8 Å². The molecule has 7 heteroatoms. The second kappa shape index (κ2) is 5.92. The van der Waals surface area contributed by atoms with Crippen LogP contribution < -0.4 is 0 Å². The van der Waals surface area contributed by atoms with Gasteiger partial charge in [-0.2, -0.15) is 0 Å². The van der Waals surface area contributed by atoms with Gasteiger partial charge >= 0.3 is 5.97 Å². The number of nitrogens with zero attached hydrogens (tertiary/aromatic N) is 1. The Bertz CT molecular complexity index is 337. The summed E-state index contributed by atoms with van der Waals surface area (Å²) in [5.74, 6) is -0.424. The molecule has 0 aliphatic heterocycles. The molecule has 112 valence electrons. The van der Waals surface area contributed by atoms with Crippen LogP contribution in [-0.4, -0.2) is 40.9 Å². The summed E-state index contributed by atoms with van der Waals surface area (Å²) in [5.41, 5.74) is 0. The first-order valence-corrected chi connectivity index (χ1v) is 17.0. The molecule has 0 aliphatic rings. The first-order chi connectivity index (χ1) is 8.14. The lowest BCUT2D eigenvalue weighted by Crippen LogP contribution is -2.62. The van der Waals surface area contributed by atoms with Crippen molar-refractivity contribution in [3.05, 3.63) is 0 Å². The quantitative estimate of drug-likeness (QED) is 0.577. The van der Waals surface area contributed by atoms with Gasteiger partial charge in [0.15, 0.2) is 0 Å². The molecule has 0 rings (SSSR count). The van der Waals surface area contributed by atoms with Gasteiger partial charge in [0.05, 0.1) is 0 Å². The molecule has 0 aromatic carbocycles. The minimum Gasteiger partial charge on any atom is -0.520 e. The van der Waals surface area contributed by atoms with Crippen molar-refractivity contribution in [2.75, 3.05) is 0 Å². The van der Waals surface area contributed by atoms with Crippen LogP contribution in [0, 0.1) is 0 Å². The zero-order chi connectivity index (χ0) is 15.6. The van der Waals surface area contributed by atoms with E-state index >= 15 is 0 Å². The van der Waals surface area contributed by atoms with Crippen LogP contribution in [0.2, 0.25) is 58.9 Å². The second-order valence-corrected chi connectivity index (χ2v) is 22.3. The third-order valence-electron chi connectivity index (χ3n) is 2.31. The van der Waals surface area contributed by atoms with E-state index in [1.165, 1.54) is 0 Å². The molecule has 0 aromatic rings. The van der Waals surface area contributed by atoms with Crippen molar-refractivity contribution < 1.29 is 14.0 Å². The number of carbonyl (C=O) groups excluding carboxylic acids is 2. The molecular weight excluding hydrogens is 290 g/mol. The SMILES string of the molecule is C[Si](C)(C)OC(=O)CC(=O)N([Si](C)(C)C)[Si](C)(C)C. The smallest absolute Gasteiger partial charge is 0.301 e. The van der Waals surface area contributed by atoms with Gasteiger partial charge in [-0.15, -0.1) is 0 Å². The van der Waals surface area contributed by atoms with E-state index in [1.807, 2.05) is 23.9 Å². The van der Waals surface area contributed by atoms with Crippen molar-refractivity contribution in [1.29, 1.82) is 0 Å². The molecule has 0 bridgehead atoms. The maximum Gasteiger partial charge on any atom is 0.301 e. The first kappa shape index (κ1) is 18.6. The zero-order valence-corrected chi connectivity index (χ0v) is 16.9. The lowest BCUT2D eigenvalue weighted by molar-refractivity contribution is -0.140. The van der Waals surface area contributed by atoms with Crippen molar-refractivity contribution in [2.24, 2.45) is 0 Å². The summed E-state index contributed by atoms with van der Waals surface area (Å²) in [5, 5.41) is 0. The Hall–Kier alpha value is -0.409. The van der Waals surface area contributed by atoms with Gasteiger partial charge in [0.25, 0.3) is 0 Å². The van der Waals surface area contributed by atoms with Gasteiger partial charge in [0, 0.05) is 0 Å². The summed E-state index contributed by atoms with van der Waals surface area (Å²) in [6.07, 6.45) is -0.112. The zero-order valence-electron chi connectivity index (χ0n) is 13.9. The lowest BCUT2D eigenvalue weighted by atomic mass is 10.4. The fourth-order valence-electron chi connectivity index (χ4n) is 2.33. The molecular formula is C12H29NO3Si3. The van der Waals surface area contributed by atoms with Crippen LogP contribution in [-0.2, 0) is 14.0 Å². The van der Waals surface area contributed by atoms with Crippen LogP contribution in [0.25, 0.3) is 0 Å². The third kappa shape index (κ3) is 7.07. The van der Waals surface area contributed by atoms with Crippen LogP contribution in [0.4, 0.5) is 0 Å². The Morgan fingerprint density at radius 1 is 0.842 bits per heavy atom. The van der Waals surface area contributed by atoms with E-state index in [1.54, 1.807) is 0 Å². The molecule has 4 nitrogen and oxygen atoms in total. The summed E-state index contributed by atoms with van der Waals surface area (Å²) < 4.78 is 7.40. The first-order valence-electron chi connectivity index (χ1n) is 6.69. The van der Waals surface area contributed by atoms with Gasteiger partial charge < -0.3 is 8.66 Å². The Labute approximate surface area is 120 Å². The van der Waals surface area contributed by atoms with Crippen LogP contribution in [0.15, 0.2) is 0 Å². The van der Waals surface area contributed by atoms with E-state index in [0.29, 0.717) is 0 Å². The number of rotatable bonds is 5. The van der Waals surface area contributed by atoms with E-state index in [4.69, 9.17) is 4.43 Å². The van der Waals surface area contributed by atoms with Gasteiger partial charge in [-0.3, -0.25) is 9.59 Å². The maximum absolute atomic E-state index is 12.4. The Kier molecular flexibility index (Phi) is 5.80. The number of hydrogen-bond acceptors (Lipinski definition) is 3. The van der Waals surface area contributed by atoms with Crippen LogP contribution in [0.3, 0.4) is 0 Å². The normalized spacial score (nSPS) is 13.1. The van der Waals surface area contributed by atoms with E-state index in [0.717, 1.165) is 0 Å². The van der Waals surface area contributed by atoms with E-state index in [2.05, 4.69) is 39.3 Å². The predicted molar refractivity (Wildman–Crippen MR) is 87.6 cm³/mol. The molecule has 0 saturated heterocycles. The van der Waals surface area contributed by atoms with Crippen molar-refractivity contribution in [2.45, 2.75) is 65.3 Å².